The molecule has 0 saturated heterocycles. The zero-order chi connectivity index (χ0) is 23.1. The van der Waals surface area contributed by atoms with E-state index in [1.54, 1.807) is 36.1 Å². The van der Waals surface area contributed by atoms with Gasteiger partial charge in [0.1, 0.15) is 0 Å². The molecule has 4 aromatic carbocycles. The van der Waals surface area contributed by atoms with Gasteiger partial charge in [-0.15, -0.1) is 0 Å². The first kappa shape index (κ1) is 22.3. The third kappa shape index (κ3) is 4.79. The summed E-state index contributed by atoms with van der Waals surface area (Å²) in [5.74, 6) is 0.817. The van der Waals surface area contributed by atoms with Gasteiger partial charge in [-0.3, -0.25) is 10.1 Å². The molecule has 0 aliphatic heterocycles. The van der Waals surface area contributed by atoms with Crippen LogP contribution in [0.2, 0.25) is 0 Å². The molecular weight excluding hydrogens is 433 g/mol. The number of hydrogen-bond acceptors (Lipinski definition) is 4. The maximum Gasteiger partial charge on any atom is 0.383 e. The summed E-state index contributed by atoms with van der Waals surface area (Å²) in [6.07, 6.45) is -1.58. The van der Waals surface area contributed by atoms with Crippen molar-refractivity contribution in [3.63, 3.8) is 0 Å². The number of nitro groups is 1. The zero-order valence-corrected chi connectivity index (χ0v) is 18.6. The minimum Gasteiger partial charge on any atom is -0.391 e. The molecule has 0 fully saturated rings. The van der Waals surface area contributed by atoms with Crippen LogP contribution in [-0.2, 0) is 9.53 Å². The van der Waals surface area contributed by atoms with Crippen LogP contribution in [-0.4, -0.2) is 16.7 Å². The van der Waals surface area contributed by atoms with Crippen LogP contribution in [0.3, 0.4) is 0 Å². The summed E-state index contributed by atoms with van der Waals surface area (Å²) >= 11 is 0. The second kappa shape index (κ2) is 10.1. The predicted octanol–water partition coefficient (Wildman–Crippen LogP) is 4.30. The number of ether oxygens (including phenoxy) is 1. The van der Waals surface area contributed by atoms with E-state index in [1.807, 2.05) is 91.0 Å². The van der Waals surface area contributed by atoms with Gasteiger partial charge in [0.2, 0.25) is 0 Å². The Morgan fingerprint density at radius 2 is 1.06 bits per heavy atom. The van der Waals surface area contributed by atoms with Crippen molar-refractivity contribution in [3.05, 3.63) is 137 Å². The number of hydrogen-bond donors (Lipinski definition) is 0. The van der Waals surface area contributed by atoms with Gasteiger partial charge < -0.3 is 4.74 Å². The smallest absolute Gasteiger partial charge is 0.383 e. The summed E-state index contributed by atoms with van der Waals surface area (Å²) in [7, 11) is 0. The van der Waals surface area contributed by atoms with Crippen molar-refractivity contribution in [2.24, 2.45) is 0 Å². The molecule has 0 radical (unpaired) electrons. The lowest BCUT2D eigenvalue weighted by Gasteiger charge is -2.28. The van der Waals surface area contributed by atoms with E-state index in [1.165, 1.54) is 0 Å². The molecule has 0 heterocycles. The molecule has 0 saturated carbocycles. The third-order valence-corrected chi connectivity index (χ3v) is 9.23. The molecule has 1 unspecified atom stereocenters. The normalized spacial score (nSPS) is 11.9. The van der Waals surface area contributed by atoms with Crippen molar-refractivity contribution in [2.45, 2.75) is 6.23 Å². The van der Waals surface area contributed by atoms with Crippen molar-refractivity contribution in [1.82, 2.24) is 0 Å². The topological polar surface area (TPSA) is 69.4 Å². The highest BCUT2D eigenvalue weighted by atomic mass is 31.2. The van der Waals surface area contributed by atoms with E-state index < -0.39 is 24.0 Å². The van der Waals surface area contributed by atoms with Gasteiger partial charge in [0, 0.05) is 5.80 Å². The van der Waals surface area contributed by atoms with E-state index in [2.05, 4.69) is 0 Å². The van der Waals surface area contributed by atoms with Crippen LogP contribution in [0.15, 0.2) is 121 Å². The van der Waals surface area contributed by atoms with Gasteiger partial charge in [0.25, 0.3) is 0 Å². The summed E-state index contributed by atoms with van der Waals surface area (Å²) in [5, 5.41) is 14.6. The fourth-order valence-corrected chi connectivity index (χ4v) is 7.46. The van der Waals surface area contributed by atoms with Crippen LogP contribution in [0.25, 0.3) is 0 Å². The molecule has 4 rings (SSSR count). The van der Waals surface area contributed by atoms with Crippen molar-refractivity contribution in [1.29, 1.82) is 0 Å². The molecule has 6 heteroatoms. The van der Waals surface area contributed by atoms with Crippen LogP contribution < -0.4 is 15.9 Å². The molecule has 164 valence electrons. The number of benzene rings is 4. The Labute approximate surface area is 192 Å². The fourth-order valence-electron chi connectivity index (χ4n) is 3.81. The maximum absolute atomic E-state index is 13.3. The SMILES string of the molecule is O=C(C=P(c1ccccc1)(c1ccccc1)c1ccccc1)OC(c1ccccc1)[N+](=O)[O-]. The predicted molar refractivity (Wildman–Crippen MR) is 133 cm³/mol. The number of carbonyl (C=O) groups excluding carboxylic acids is 1. The van der Waals surface area contributed by atoms with E-state index in [-0.39, 0.29) is 0 Å². The third-order valence-electron chi connectivity index (χ3n) is 5.29. The van der Waals surface area contributed by atoms with Gasteiger partial charge in [0.05, 0.1) is 10.5 Å². The molecule has 5 nitrogen and oxygen atoms in total. The van der Waals surface area contributed by atoms with E-state index in [0.29, 0.717) is 5.56 Å². The Kier molecular flexibility index (Phi) is 6.82. The lowest BCUT2D eigenvalue weighted by atomic mass is 10.2. The second-order valence-electron chi connectivity index (χ2n) is 7.34. The van der Waals surface area contributed by atoms with E-state index in [9.17, 15) is 14.9 Å². The summed E-state index contributed by atoms with van der Waals surface area (Å²) < 4.78 is 5.45. The Morgan fingerprint density at radius 3 is 1.42 bits per heavy atom. The number of nitrogens with zero attached hydrogens (tertiary/aromatic N) is 1. The molecule has 0 aliphatic rings. The molecule has 0 aromatic heterocycles. The molecule has 0 spiro atoms. The van der Waals surface area contributed by atoms with Crippen LogP contribution in [0.4, 0.5) is 0 Å². The van der Waals surface area contributed by atoms with E-state index in [0.717, 1.165) is 15.9 Å². The van der Waals surface area contributed by atoms with Gasteiger partial charge in [-0.2, -0.15) is 0 Å². The van der Waals surface area contributed by atoms with Gasteiger partial charge >= 0.3 is 12.2 Å². The summed E-state index contributed by atoms with van der Waals surface area (Å²) in [5.41, 5.74) is 0.312. The minimum absolute atomic E-state index is 0.312. The fraction of sp³-hybridized carbons (Fsp3) is 0.0370. The van der Waals surface area contributed by atoms with Crippen molar-refractivity contribution in [3.8, 4) is 0 Å². The quantitative estimate of drug-likeness (QED) is 0.137. The zero-order valence-electron chi connectivity index (χ0n) is 17.7. The van der Waals surface area contributed by atoms with Crippen molar-refractivity contribution < 1.29 is 14.5 Å². The van der Waals surface area contributed by atoms with Gasteiger partial charge in [-0.25, -0.2) is 4.79 Å². The molecule has 0 N–H and O–H groups in total. The van der Waals surface area contributed by atoms with E-state index >= 15 is 0 Å². The highest BCUT2D eigenvalue weighted by Gasteiger charge is 2.30. The highest BCUT2D eigenvalue weighted by Crippen LogP contribution is 2.43. The molecule has 4 aromatic rings. The van der Waals surface area contributed by atoms with Gasteiger partial charge in [-0.05, 0) is 34.9 Å². The Hall–Kier alpha value is -3.95. The Balaban J connectivity index is 1.91. The summed E-state index contributed by atoms with van der Waals surface area (Å²) in [6, 6.07) is 37.5. The van der Waals surface area contributed by atoms with Crippen LogP contribution >= 0.6 is 6.89 Å². The molecular formula is C27H22NO4P. The summed E-state index contributed by atoms with van der Waals surface area (Å²) in [6.45, 7) is -2.61. The maximum atomic E-state index is 13.3. The molecule has 0 aliphatic carbocycles. The van der Waals surface area contributed by atoms with Gasteiger partial charge in [-0.1, -0.05) is 109 Å². The molecule has 0 bridgehead atoms. The number of carbonyl (C=O) groups is 1. The average molecular weight is 455 g/mol. The first-order chi connectivity index (χ1) is 16.1. The van der Waals surface area contributed by atoms with Crippen LogP contribution in [0.1, 0.15) is 11.8 Å². The van der Waals surface area contributed by atoms with Gasteiger partial charge in [0.15, 0.2) is 0 Å². The molecule has 33 heavy (non-hydrogen) atoms. The summed E-state index contributed by atoms with van der Waals surface area (Å²) in [4.78, 5) is 24.5. The monoisotopic (exact) mass is 455 g/mol. The first-order valence-corrected chi connectivity index (χ1v) is 12.3. The lowest BCUT2D eigenvalue weighted by Crippen LogP contribution is -2.30. The van der Waals surface area contributed by atoms with Crippen LogP contribution in [0, 0.1) is 10.1 Å². The standard InChI is InChI=1S/C27H22NO4P/c29-26(32-27(28(30)31)22-13-5-1-6-14-22)21-33(23-15-7-2-8-16-23,24-17-9-3-10-18-24)25-19-11-4-12-20-25/h1-21,27H. The second-order valence-corrected chi connectivity index (χ2v) is 10.6. The lowest BCUT2D eigenvalue weighted by molar-refractivity contribution is -0.575. The number of rotatable bonds is 7. The Bertz CT molecular complexity index is 1170. The van der Waals surface area contributed by atoms with Crippen molar-refractivity contribution >= 4 is 34.6 Å². The average Bonchev–Trinajstić information content (AvgIpc) is 2.88. The highest BCUT2D eigenvalue weighted by molar-refractivity contribution is 7.95. The number of esters is 1. The van der Waals surface area contributed by atoms with Crippen molar-refractivity contribution in [2.75, 3.05) is 0 Å². The van der Waals surface area contributed by atoms with Crippen LogP contribution in [0.5, 0.6) is 0 Å². The largest absolute Gasteiger partial charge is 0.391 e. The molecule has 0 amide bonds. The first-order valence-electron chi connectivity index (χ1n) is 10.4. The minimum atomic E-state index is -2.61. The Morgan fingerprint density at radius 1 is 0.697 bits per heavy atom. The van der Waals surface area contributed by atoms with E-state index in [4.69, 9.17) is 4.74 Å². The molecule has 1 atom stereocenters.